The maximum atomic E-state index is 12.0. The molecule has 0 aromatic rings. The molecule has 0 heterocycles. The Morgan fingerprint density at radius 1 is 1.20 bits per heavy atom. The lowest BCUT2D eigenvalue weighted by atomic mass is 9.82. The highest BCUT2D eigenvalue weighted by molar-refractivity contribution is 5.86. The molecular weight excluding hydrogens is 256 g/mol. The Kier molecular flexibility index (Phi) is 6.30. The van der Waals surface area contributed by atoms with Gasteiger partial charge in [0.05, 0.1) is 0 Å². The lowest BCUT2D eigenvalue weighted by Crippen LogP contribution is -2.59. The number of hydrogen-bond donors (Lipinski definition) is 3. The van der Waals surface area contributed by atoms with Gasteiger partial charge in [0.25, 0.3) is 0 Å². The molecule has 0 aliphatic heterocycles. The molecule has 1 rings (SSSR count). The number of nitrogens with one attached hydrogen (secondary N) is 2. The van der Waals surface area contributed by atoms with E-state index in [1.807, 2.05) is 6.92 Å². The molecule has 5 heteroatoms. The molecule has 5 nitrogen and oxygen atoms in total. The van der Waals surface area contributed by atoms with Crippen molar-refractivity contribution in [2.45, 2.75) is 77.3 Å². The fraction of sp³-hybridized carbons (Fsp3) is 0.867. The number of rotatable bonds is 6. The molecule has 1 saturated carbocycles. The molecule has 116 valence electrons. The summed E-state index contributed by atoms with van der Waals surface area (Å²) in [6.07, 6.45) is 5.79. The molecule has 20 heavy (non-hydrogen) atoms. The molecule has 0 saturated heterocycles. The smallest absolute Gasteiger partial charge is 0.329 e. The summed E-state index contributed by atoms with van der Waals surface area (Å²) in [6.45, 7) is 6.23. The van der Waals surface area contributed by atoms with Crippen molar-refractivity contribution in [3.8, 4) is 0 Å². The number of amides is 2. The maximum Gasteiger partial charge on any atom is 0.329 e. The van der Waals surface area contributed by atoms with Crippen molar-refractivity contribution in [3.63, 3.8) is 0 Å². The third-order valence-electron chi connectivity index (χ3n) is 4.30. The van der Waals surface area contributed by atoms with Crippen molar-refractivity contribution < 1.29 is 14.7 Å². The number of urea groups is 1. The maximum absolute atomic E-state index is 12.0. The first-order valence-electron chi connectivity index (χ1n) is 7.71. The summed E-state index contributed by atoms with van der Waals surface area (Å²) in [5.41, 5.74) is -1.07. The third kappa shape index (κ3) is 4.69. The van der Waals surface area contributed by atoms with Gasteiger partial charge in [-0.1, -0.05) is 39.5 Å². The molecule has 0 bridgehead atoms. The summed E-state index contributed by atoms with van der Waals surface area (Å²) in [6, 6.07) is -0.301. The molecule has 0 aromatic carbocycles. The molecule has 0 radical (unpaired) electrons. The van der Waals surface area contributed by atoms with Crippen LogP contribution in [0.15, 0.2) is 0 Å². The largest absolute Gasteiger partial charge is 0.480 e. The predicted octanol–water partition coefficient (Wildman–Crippen LogP) is 2.90. The normalized spacial score (nSPS) is 20.8. The second-order valence-corrected chi connectivity index (χ2v) is 6.20. The first kappa shape index (κ1) is 16.8. The Morgan fingerprint density at radius 3 is 2.30 bits per heavy atom. The van der Waals surface area contributed by atoms with E-state index in [-0.39, 0.29) is 12.1 Å². The number of carboxylic acids is 1. The van der Waals surface area contributed by atoms with Crippen LogP contribution >= 0.6 is 0 Å². The fourth-order valence-electron chi connectivity index (χ4n) is 2.85. The standard InChI is InChI=1S/C15H28N2O3/c1-4-11(2)10-12(3)16-14(20)17-15(13(18)19)8-6-5-7-9-15/h11-12H,4-10H2,1-3H3,(H,18,19)(H2,16,17,20). The van der Waals surface area contributed by atoms with Crippen molar-refractivity contribution in [3.05, 3.63) is 0 Å². The topological polar surface area (TPSA) is 78.4 Å². The second kappa shape index (κ2) is 7.50. The highest BCUT2D eigenvalue weighted by Gasteiger charge is 2.41. The summed E-state index contributed by atoms with van der Waals surface area (Å²) in [5, 5.41) is 15.0. The molecule has 2 atom stereocenters. The van der Waals surface area contributed by atoms with E-state index in [0.717, 1.165) is 32.1 Å². The van der Waals surface area contributed by atoms with Gasteiger partial charge in [-0.3, -0.25) is 0 Å². The average molecular weight is 284 g/mol. The van der Waals surface area contributed by atoms with Crippen molar-refractivity contribution in [1.82, 2.24) is 10.6 Å². The van der Waals surface area contributed by atoms with Crippen LogP contribution in [0.4, 0.5) is 4.79 Å². The molecular formula is C15H28N2O3. The Balaban J connectivity index is 2.52. The Morgan fingerprint density at radius 2 is 1.80 bits per heavy atom. The van der Waals surface area contributed by atoms with Gasteiger partial charge in [0, 0.05) is 6.04 Å². The first-order valence-corrected chi connectivity index (χ1v) is 7.71. The van der Waals surface area contributed by atoms with E-state index in [1.165, 1.54) is 0 Å². The third-order valence-corrected chi connectivity index (χ3v) is 4.30. The van der Waals surface area contributed by atoms with Gasteiger partial charge < -0.3 is 15.7 Å². The van der Waals surface area contributed by atoms with Gasteiger partial charge in [-0.25, -0.2) is 9.59 Å². The fourth-order valence-corrected chi connectivity index (χ4v) is 2.85. The van der Waals surface area contributed by atoms with Crippen molar-refractivity contribution >= 4 is 12.0 Å². The predicted molar refractivity (Wildman–Crippen MR) is 78.7 cm³/mol. The van der Waals surface area contributed by atoms with E-state index in [0.29, 0.717) is 18.8 Å². The zero-order chi connectivity index (χ0) is 15.2. The van der Waals surface area contributed by atoms with Crippen LogP contribution in [-0.4, -0.2) is 28.7 Å². The first-order chi connectivity index (χ1) is 9.39. The zero-order valence-corrected chi connectivity index (χ0v) is 12.9. The van der Waals surface area contributed by atoms with Crippen LogP contribution in [0.25, 0.3) is 0 Å². The quantitative estimate of drug-likeness (QED) is 0.701. The Hall–Kier alpha value is -1.26. The van der Waals surface area contributed by atoms with E-state index in [4.69, 9.17) is 0 Å². The second-order valence-electron chi connectivity index (χ2n) is 6.20. The molecule has 1 fully saturated rings. The number of carbonyl (C=O) groups excluding carboxylic acids is 1. The van der Waals surface area contributed by atoms with Gasteiger partial charge in [-0.2, -0.15) is 0 Å². The van der Waals surface area contributed by atoms with Crippen LogP contribution in [0.3, 0.4) is 0 Å². The summed E-state index contributed by atoms with van der Waals surface area (Å²) in [5.74, 6) is -0.365. The summed E-state index contributed by atoms with van der Waals surface area (Å²) in [7, 11) is 0. The summed E-state index contributed by atoms with van der Waals surface area (Å²) in [4.78, 5) is 23.5. The highest BCUT2D eigenvalue weighted by atomic mass is 16.4. The Bertz CT molecular complexity index is 338. The lowest BCUT2D eigenvalue weighted by molar-refractivity contribution is -0.145. The van der Waals surface area contributed by atoms with Gasteiger partial charge in [0.2, 0.25) is 0 Å². The van der Waals surface area contributed by atoms with Gasteiger partial charge in [-0.15, -0.1) is 0 Å². The van der Waals surface area contributed by atoms with Gasteiger partial charge >= 0.3 is 12.0 Å². The molecule has 1 aliphatic carbocycles. The highest BCUT2D eigenvalue weighted by Crippen LogP contribution is 2.28. The summed E-state index contributed by atoms with van der Waals surface area (Å²) >= 11 is 0. The summed E-state index contributed by atoms with van der Waals surface area (Å²) < 4.78 is 0. The van der Waals surface area contributed by atoms with E-state index >= 15 is 0 Å². The minimum absolute atomic E-state index is 0.0550. The lowest BCUT2D eigenvalue weighted by Gasteiger charge is -2.34. The van der Waals surface area contributed by atoms with E-state index in [9.17, 15) is 14.7 Å². The number of hydrogen-bond acceptors (Lipinski definition) is 2. The van der Waals surface area contributed by atoms with Crippen LogP contribution in [-0.2, 0) is 4.79 Å². The average Bonchev–Trinajstić information content (AvgIpc) is 2.38. The Labute approximate surface area is 121 Å². The molecule has 1 aliphatic rings. The monoisotopic (exact) mass is 284 g/mol. The van der Waals surface area contributed by atoms with Crippen LogP contribution in [0.2, 0.25) is 0 Å². The van der Waals surface area contributed by atoms with E-state index < -0.39 is 11.5 Å². The number of carbonyl (C=O) groups is 2. The van der Waals surface area contributed by atoms with E-state index in [2.05, 4.69) is 24.5 Å². The van der Waals surface area contributed by atoms with Crippen molar-refractivity contribution in [1.29, 1.82) is 0 Å². The van der Waals surface area contributed by atoms with Crippen LogP contribution in [0.5, 0.6) is 0 Å². The minimum Gasteiger partial charge on any atom is -0.480 e. The van der Waals surface area contributed by atoms with Gasteiger partial charge in [-0.05, 0) is 32.1 Å². The van der Waals surface area contributed by atoms with Crippen LogP contribution < -0.4 is 10.6 Å². The van der Waals surface area contributed by atoms with Crippen molar-refractivity contribution in [2.75, 3.05) is 0 Å². The SMILES string of the molecule is CCC(C)CC(C)NC(=O)NC1(C(=O)O)CCCCC1. The molecule has 0 spiro atoms. The zero-order valence-electron chi connectivity index (χ0n) is 12.9. The van der Waals surface area contributed by atoms with Crippen LogP contribution in [0.1, 0.15) is 65.7 Å². The van der Waals surface area contributed by atoms with Crippen molar-refractivity contribution in [2.24, 2.45) is 5.92 Å². The van der Waals surface area contributed by atoms with E-state index in [1.54, 1.807) is 0 Å². The molecule has 2 amide bonds. The van der Waals surface area contributed by atoms with Gasteiger partial charge in [0.1, 0.15) is 5.54 Å². The van der Waals surface area contributed by atoms with Gasteiger partial charge in [0.15, 0.2) is 0 Å². The molecule has 0 aromatic heterocycles. The van der Waals surface area contributed by atoms with Crippen LogP contribution in [0, 0.1) is 5.92 Å². The molecule has 3 N–H and O–H groups in total. The number of aliphatic carboxylic acids is 1. The number of carboxylic acid groups (broad SMARTS) is 1. The minimum atomic E-state index is -1.07. The molecule has 2 unspecified atom stereocenters.